The predicted molar refractivity (Wildman–Crippen MR) is 80.0 cm³/mol. The number of benzene rings is 2. The molecule has 1 aliphatic rings. The molecule has 108 valence electrons. The highest BCUT2D eigenvalue weighted by Crippen LogP contribution is 2.37. The topological polar surface area (TPSA) is 47.9 Å². The minimum atomic E-state index is 0.204. The van der Waals surface area contributed by atoms with Crippen molar-refractivity contribution in [1.29, 1.82) is 0 Å². The number of rotatable bonds is 4. The lowest BCUT2D eigenvalue weighted by molar-refractivity contribution is 0.174. The second-order valence-corrected chi connectivity index (χ2v) is 4.68. The molecule has 4 heteroatoms. The smallest absolute Gasteiger partial charge is 0.231 e. The Kier molecular flexibility index (Phi) is 3.69. The van der Waals surface area contributed by atoms with E-state index in [4.69, 9.17) is 14.2 Å². The Bertz CT molecular complexity index is 676. The van der Waals surface area contributed by atoms with Gasteiger partial charge in [0, 0.05) is 17.2 Å². The Hall–Kier alpha value is -2.62. The predicted octanol–water partition coefficient (Wildman–Crippen LogP) is 3.39. The molecule has 0 atom stereocenters. The highest BCUT2D eigenvalue weighted by Gasteiger charge is 2.16. The molecule has 0 saturated heterocycles. The lowest BCUT2D eigenvalue weighted by Crippen LogP contribution is -1.92. The normalized spacial score (nSPS) is 12.8. The number of para-hydroxylation sites is 1. The quantitative estimate of drug-likeness (QED) is 0.935. The summed E-state index contributed by atoms with van der Waals surface area (Å²) in [7, 11) is 1.65. The van der Waals surface area contributed by atoms with Crippen LogP contribution in [-0.2, 0) is 6.42 Å². The van der Waals surface area contributed by atoms with Gasteiger partial charge in [0.25, 0.3) is 0 Å². The molecular formula is C17H16O4. The summed E-state index contributed by atoms with van der Waals surface area (Å²) in [4.78, 5) is 0. The molecule has 0 amide bonds. The van der Waals surface area contributed by atoms with E-state index in [1.807, 2.05) is 42.5 Å². The number of fused-ring (bicyclic) bond motifs is 1. The van der Waals surface area contributed by atoms with Gasteiger partial charge in [-0.15, -0.1) is 0 Å². The fourth-order valence-corrected chi connectivity index (χ4v) is 2.25. The molecule has 4 nitrogen and oxygen atoms in total. The Balaban J connectivity index is 1.77. The first-order valence-corrected chi connectivity index (χ1v) is 6.69. The van der Waals surface area contributed by atoms with Crippen LogP contribution in [0.2, 0.25) is 0 Å². The highest BCUT2D eigenvalue weighted by atomic mass is 16.7. The van der Waals surface area contributed by atoms with Crippen molar-refractivity contribution in [1.82, 2.24) is 0 Å². The van der Waals surface area contributed by atoms with Gasteiger partial charge in [0.15, 0.2) is 11.5 Å². The maximum absolute atomic E-state index is 9.98. The number of aromatic hydroxyl groups is 1. The summed E-state index contributed by atoms with van der Waals surface area (Å²) in [6.07, 6.45) is 4.55. The Morgan fingerprint density at radius 1 is 1.19 bits per heavy atom. The number of methoxy groups -OCH3 is 1. The largest absolute Gasteiger partial charge is 0.508 e. The van der Waals surface area contributed by atoms with Gasteiger partial charge in [-0.2, -0.15) is 0 Å². The molecule has 1 heterocycles. The molecule has 2 aromatic carbocycles. The molecule has 0 unspecified atom stereocenters. The fraction of sp³-hybridized carbons (Fsp3) is 0.176. The van der Waals surface area contributed by atoms with Crippen LogP contribution in [0.4, 0.5) is 0 Å². The molecule has 2 aromatic rings. The Morgan fingerprint density at radius 3 is 2.76 bits per heavy atom. The van der Waals surface area contributed by atoms with E-state index in [0.29, 0.717) is 17.9 Å². The van der Waals surface area contributed by atoms with Crippen molar-refractivity contribution in [2.75, 3.05) is 13.9 Å². The average Bonchev–Trinajstić information content (AvgIpc) is 2.95. The van der Waals surface area contributed by atoms with Gasteiger partial charge in [-0.05, 0) is 18.6 Å². The molecule has 0 spiro atoms. The standard InChI is InChI=1S/C17H16O4/c1-19-15-8-3-2-5-12(15)6-4-7-13-9-16-17(10-14(13)18)21-11-20-16/h2-6,8-10,18H,7,11H2,1H3/b6-4+. The molecule has 0 saturated carbocycles. The van der Waals surface area contributed by atoms with Gasteiger partial charge in [0.05, 0.1) is 7.11 Å². The molecule has 21 heavy (non-hydrogen) atoms. The van der Waals surface area contributed by atoms with Gasteiger partial charge in [-0.1, -0.05) is 30.4 Å². The minimum Gasteiger partial charge on any atom is -0.508 e. The van der Waals surface area contributed by atoms with Gasteiger partial charge in [-0.25, -0.2) is 0 Å². The SMILES string of the molecule is COc1ccccc1/C=C/Cc1cc2c(cc1O)OCO2. The molecule has 1 aliphatic heterocycles. The number of phenolic OH excluding ortho intramolecular Hbond substituents is 1. The number of hydrogen-bond donors (Lipinski definition) is 1. The van der Waals surface area contributed by atoms with Crippen molar-refractivity contribution in [3.8, 4) is 23.0 Å². The van der Waals surface area contributed by atoms with Crippen LogP contribution in [0, 0.1) is 0 Å². The second kappa shape index (κ2) is 5.79. The van der Waals surface area contributed by atoms with E-state index in [2.05, 4.69) is 0 Å². The van der Waals surface area contributed by atoms with Crippen LogP contribution in [0.1, 0.15) is 11.1 Å². The molecule has 0 aliphatic carbocycles. The third-order valence-electron chi connectivity index (χ3n) is 3.35. The Labute approximate surface area is 123 Å². The molecule has 0 radical (unpaired) electrons. The average molecular weight is 284 g/mol. The van der Waals surface area contributed by atoms with Gasteiger partial charge < -0.3 is 19.3 Å². The maximum atomic E-state index is 9.98. The third-order valence-corrected chi connectivity index (χ3v) is 3.35. The van der Waals surface area contributed by atoms with E-state index in [-0.39, 0.29) is 12.5 Å². The van der Waals surface area contributed by atoms with Gasteiger partial charge in [0.1, 0.15) is 11.5 Å². The number of phenols is 1. The van der Waals surface area contributed by atoms with E-state index in [1.165, 1.54) is 0 Å². The summed E-state index contributed by atoms with van der Waals surface area (Å²) in [6, 6.07) is 11.2. The first-order chi connectivity index (χ1) is 10.3. The van der Waals surface area contributed by atoms with Crippen LogP contribution in [0.15, 0.2) is 42.5 Å². The van der Waals surface area contributed by atoms with E-state index in [1.54, 1.807) is 13.2 Å². The van der Waals surface area contributed by atoms with Gasteiger partial charge in [-0.3, -0.25) is 0 Å². The highest BCUT2D eigenvalue weighted by molar-refractivity contribution is 5.58. The Morgan fingerprint density at radius 2 is 1.95 bits per heavy atom. The van der Waals surface area contributed by atoms with Crippen LogP contribution in [0.3, 0.4) is 0 Å². The summed E-state index contributed by atoms with van der Waals surface area (Å²) in [5.41, 5.74) is 1.80. The van der Waals surface area contributed by atoms with Crippen molar-refractivity contribution in [2.24, 2.45) is 0 Å². The molecule has 0 fully saturated rings. The monoisotopic (exact) mass is 284 g/mol. The first kappa shape index (κ1) is 13.4. The van der Waals surface area contributed by atoms with Crippen molar-refractivity contribution >= 4 is 6.08 Å². The van der Waals surface area contributed by atoms with Crippen molar-refractivity contribution in [2.45, 2.75) is 6.42 Å². The van der Waals surface area contributed by atoms with E-state index in [9.17, 15) is 5.11 Å². The molecular weight excluding hydrogens is 268 g/mol. The maximum Gasteiger partial charge on any atom is 0.231 e. The minimum absolute atomic E-state index is 0.204. The molecule has 0 aromatic heterocycles. The summed E-state index contributed by atoms with van der Waals surface area (Å²) < 4.78 is 15.8. The van der Waals surface area contributed by atoms with Crippen molar-refractivity contribution < 1.29 is 19.3 Å². The zero-order valence-corrected chi connectivity index (χ0v) is 11.7. The van der Waals surface area contributed by atoms with Gasteiger partial charge >= 0.3 is 0 Å². The second-order valence-electron chi connectivity index (χ2n) is 4.68. The number of allylic oxidation sites excluding steroid dienone is 1. The van der Waals surface area contributed by atoms with E-state index >= 15 is 0 Å². The zero-order chi connectivity index (χ0) is 14.7. The fourth-order valence-electron chi connectivity index (χ4n) is 2.25. The van der Waals surface area contributed by atoms with Crippen LogP contribution >= 0.6 is 0 Å². The summed E-state index contributed by atoms with van der Waals surface area (Å²) >= 11 is 0. The lowest BCUT2D eigenvalue weighted by atomic mass is 10.1. The van der Waals surface area contributed by atoms with E-state index in [0.717, 1.165) is 16.9 Å². The third kappa shape index (κ3) is 2.79. The summed E-state index contributed by atoms with van der Waals surface area (Å²) in [5.74, 6) is 2.30. The van der Waals surface area contributed by atoms with Crippen molar-refractivity contribution in [3.05, 3.63) is 53.6 Å². The van der Waals surface area contributed by atoms with Crippen LogP contribution in [0.5, 0.6) is 23.0 Å². The van der Waals surface area contributed by atoms with Crippen LogP contribution < -0.4 is 14.2 Å². The molecule has 3 rings (SSSR count). The van der Waals surface area contributed by atoms with Crippen molar-refractivity contribution in [3.63, 3.8) is 0 Å². The number of ether oxygens (including phenoxy) is 3. The lowest BCUT2D eigenvalue weighted by Gasteiger charge is -2.05. The summed E-state index contributed by atoms with van der Waals surface area (Å²) in [6.45, 7) is 0.204. The molecule has 0 bridgehead atoms. The van der Waals surface area contributed by atoms with Crippen LogP contribution in [0.25, 0.3) is 6.08 Å². The molecule has 1 N–H and O–H groups in total. The summed E-state index contributed by atoms with van der Waals surface area (Å²) in [5, 5.41) is 9.98. The van der Waals surface area contributed by atoms with Crippen LogP contribution in [-0.4, -0.2) is 19.0 Å². The zero-order valence-electron chi connectivity index (χ0n) is 11.7. The first-order valence-electron chi connectivity index (χ1n) is 6.69. The van der Waals surface area contributed by atoms with E-state index < -0.39 is 0 Å². The number of hydrogen-bond acceptors (Lipinski definition) is 4. The van der Waals surface area contributed by atoms with Gasteiger partial charge in [0.2, 0.25) is 6.79 Å².